The number of imidazole rings is 1. The molecular formula is C25H43N8O5P. The standard InChI is InChI=1S/C25H43N8O5P/c1-8-10-37-24(34)25(6,7)31-32-39(35)38-30-20(12-17(2)3)13-18(4)9-11-36-19(5)14-33-16-29-21-22(26)27-15-28-23(21)33/h15-19,31H,8-14H2,1-7H3,(H2,26,27,28)/b30-20+/t18-,19+/m0/s1. The van der Waals surface area contributed by atoms with Gasteiger partial charge in [0.1, 0.15) is 17.4 Å². The van der Waals surface area contributed by atoms with E-state index in [1.165, 1.54) is 6.33 Å². The molecule has 1 unspecified atom stereocenters. The molecule has 218 valence electrons. The van der Waals surface area contributed by atoms with Crippen LogP contribution in [0.1, 0.15) is 74.1 Å². The molecule has 0 aliphatic heterocycles. The van der Waals surface area contributed by atoms with Crippen molar-refractivity contribution in [3.8, 4) is 0 Å². The Balaban J connectivity index is 1.84. The van der Waals surface area contributed by atoms with Gasteiger partial charge in [-0.1, -0.05) is 27.7 Å². The molecule has 0 fully saturated rings. The number of oxime groups is 1. The van der Waals surface area contributed by atoms with Crippen LogP contribution in [0.25, 0.3) is 11.2 Å². The van der Waals surface area contributed by atoms with Gasteiger partial charge in [0.25, 0.3) is 0 Å². The molecule has 3 N–H and O–H groups in total. The van der Waals surface area contributed by atoms with Crippen molar-refractivity contribution in [1.29, 1.82) is 0 Å². The van der Waals surface area contributed by atoms with Gasteiger partial charge in [-0.15, -0.1) is 0 Å². The van der Waals surface area contributed by atoms with Crippen molar-refractivity contribution >= 4 is 36.8 Å². The molecule has 0 saturated heterocycles. The first kappa shape index (κ1) is 32.5. The number of nitrogens with two attached hydrogens (primary N) is 1. The maximum atomic E-state index is 12.3. The molecule has 2 rings (SSSR count). The van der Waals surface area contributed by atoms with Crippen LogP contribution in [0, 0.1) is 11.8 Å². The smallest absolute Gasteiger partial charge is 0.447 e. The largest absolute Gasteiger partial charge is 0.572 e. The Morgan fingerprint density at radius 1 is 1.21 bits per heavy atom. The third-order valence-electron chi connectivity index (χ3n) is 5.72. The fourth-order valence-electron chi connectivity index (χ4n) is 3.66. The maximum absolute atomic E-state index is 12.3. The first-order chi connectivity index (χ1) is 18.4. The summed E-state index contributed by atoms with van der Waals surface area (Å²) in [6, 6.07) is 0. The third-order valence-corrected chi connectivity index (χ3v) is 6.21. The monoisotopic (exact) mass is 566 g/mol. The normalized spacial score (nSPS) is 14.6. The molecule has 2 heterocycles. The summed E-state index contributed by atoms with van der Waals surface area (Å²) in [5.74, 6) is 0.483. The van der Waals surface area contributed by atoms with E-state index in [0.717, 1.165) is 12.1 Å². The number of anilines is 1. The minimum atomic E-state index is -2.50. The number of nitrogens with one attached hydrogen (secondary N) is 1. The number of fused-ring (bicyclic) bond motifs is 1. The SMILES string of the molecule is CCCOC(=O)C(C)(C)N/N=[P+](\[O-])O/N=C(\CC(C)C)C[C@@H](C)CCO[C@H](C)Cn1cnc2c(N)ncnc21. The molecule has 0 radical (unpaired) electrons. The van der Waals surface area contributed by atoms with Crippen LogP contribution < -0.4 is 16.1 Å². The van der Waals surface area contributed by atoms with E-state index in [-0.39, 0.29) is 12.0 Å². The summed E-state index contributed by atoms with van der Waals surface area (Å²) in [5.41, 5.74) is 9.37. The van der Waals surface area contributed by atoms with E-state index in [0.29, 0.717) is 61.9 Å². The molecule has 3 atom stereocenters. The Morgan fingerprint density at radius 2 is 1.95 bits per heavy atom. The molecule has 0 aliphatic carbocycles. The van der Waals surface area contributed by atoms with Crippen molar-refractivity contribution in [2.24, 2.45) is 21.8 Å². The Morgan fingerprint density at radius 3 is 2.64 bits per heavy atom. The third kappa shape index (κ3) is 11.1. The lowest BCUT2D eigenvalue weighted by atomic mass is 9.96. The van der Waals surface area contributed by atoms with Gasteiger partial charge in [0.2, 0.25) is 0 Å². The Labute approximate surface area is 231 Å². The second kappa shape index (κ2) is 15.8. The summed E-state index contributed by atoms with van der Waals surface area (Å²) in [6.07, 6.45) is 5.96. The zero-order valence-corrected chi connectivity index (χ0v) is 25.0. The van der Waals surface area contributed by atoms with E-state index >= 15 is 0 Å². The molecule has 0 saturated carbocycles. The summed E-state index contributed by atoms with van der Waals surface area (Å²) < 4.78 is 18.2. The fraction of sp³-hybridized carbons (Fsp3) is 0.720. The molecule has 2 aromatic heterocycles. The lowest BCUT2D eigenvalue weighted by molar-refractivity contribution is -0.176. The number of nitrogens with zero attached hydrogens (tertiary/aromatic N) is 6. The van der Waals surface area contributed by atoms with Gasteiger partial charge in [0, 0.05) is 11.5 Å². The van der Waals surface area contributed by atoms with Gasteiger partial charge in [-0.2, -0.15) is 10.1 Å². The number of ether oxygens (including phenoxy) is 2. The van der Waals surface area contributed by atoms with E-state index in [2.05, 4.69) is 51.2 Å². The molecule has 14 heteroatoms. The highest BCUT2D eigenvalue weighted by Gasteiger charge is 2.30. The molecule has 0 aromatic carbocycles. The molecule has 0 amide bonds. The van der Waals surface area contributed by atoms with Crippen molar-refractivity contribution in [2.45, 2.75) is 92.3 Å². The number of hydrogen-bond donors (Lipinski definition) is 2. The highest BCUT2D eigenvalue weighted by atomic mass is 31.1. The van der Waals surface area contributed by atoms with Crippen LogP contribution in [-0.4, -0.2) is 56.1 Å². The first-order valence-corrected chi connectivity index (χ1v) is 14.4. The van der Waals surface area contributed by atoms with E-state index < -0.39 is 19.7 Å². The highest BCUT2D eigenvalue weighted by Crippen LogP contribution is 2.21. The Kier molecular flexibility index (Phi) is 13.1. The van der Waals surface area contributed by atoms with Gasteiger partial charge in [0.15, 0.2) is 11.5 Å². The van der Waals surface area contributed by atoms with E-state index in [1.807, 2.05) is 18.4 Å². The number of carbonyl (C=O) groups excluding carboxylic acids is 1. The van der Waals surface area contributed by atoms with Crippen LogP contribution in [0.2, 0.25) is 0 Å². The van der Waals surface area contributed by atoms with E-state index in [1.54, 1.807) is 20.2 Å². The van der Waals surface area contributed by atoms with Crippen LogP contribution >= 0.6 is 8.17 Å². The maximum Gasteiger partial charge on any atom is 0.447 e. The minimum Gasteiger partial charge on any atom is -0.572 e. The van der Waals surface area contributed by atoms with Crippen molar-refractivity contribution in [2.75, 3.05) is 18.9 Å². The fourth-order valence-corrected chi connectivity index (χ4v) is 4.22. The second-order valence-electron chi connectivity index (χ2n) is 10.7. The van der Waals surface area contributed by atoms with Crippen molar-refractivity contribution in [3.05, 3.63) is 12.7 Å². The quantitative estimate of drug-likeness (QED) is 0.124. The topological polar surface area (TPSA) is 174 Å². The van der Waals surface area contributed by atoms with E-state index in [4.69, 9.17) is 19.8 Å². The predicted molar refractivity (Wildman–Crippen MR) is 149 cm³/mol. The summed E-state index contributed by atoms with van der Waals surface area (Å²) in [5, 5.41) is 4.14. The number of aromatic nitrogens is 4. The van der Waals surface area contributed by atoms with E-state index in [9.17, 15) is 9.69 Å². The van der Waals surface area contributed by atoms with Crippen molar-refractivity contribution in [1.82, 2.24) is 24.9 Å². The number of carbonyl (C=O) groups is 1. The lowest BCUT2D eigenvalue weighted by Crippen LogP contribution is -2.45. The Hall–Kier alpha value is -2.73. The predicted octanol–water partition coefficient (Wildman–Crippen LogP) is 3.74. The van der Waals surface area contributed by atoms with Crippen LogP contribution in [0.5, 0.6) is 0 Å². The average molecular weight is 567 g/mol. The van der Waals surface area contributed by atoms with Gasteiger partial charge in [-0.05, 0) is 63.4 Å². The van der Waals surface area contributed by atoms with Crippen LogP contribution in [0.4, 0.5) is 5.82 Å². The van der Waals surface area contributed by atoms with Crippen molar-refractivity contribution in [3.63, 3.8) is 0 Å². The molecular weight excluding hydrogens is 523 g/mol. The number of rotatable bonds is 17. The number of hydrogen-bond acceptors (Lipinski definition) is 11. The van der Waals surface area contributed by atoms with Gasteiger partial charge >= 0.3 is 14.1 Å². The number of nitrogen functional groups attached to an aromatic ring is 1. The molecule has 39 heavy (non-hydrogen) atoms. The second-order valence-corrected chi connectivity index (χ2v) is 11.5. The Bertz CT molecular complexity index is 1120. The number of esters is 1. The summed E-state index contributed by atoms with van der Waals surface area (Å²) in [7, 11) is -2.50. The van der Waals surface area contributed by atoms with Gasteiger partial charge < -0.3 is 24.7 Å². The molecule has 0 aliphatic rings. The zero-order valence-electron chi connectivity index (χ0n) is 24.1. The average Bonchev–Trinajstić information content (AvgIpc) is 3.28. The molecule has 0 spiro atoms. The molecule has 2 aromatic rings. The van der Waals surface area contributed by atoms with Crippen LogP contribution in [0.3, 0.4) is 0 Å². The van der Waals surface area contributed by atoms with Gasteiger partial charge in [-0.3, -0.25) is 0 Å². The molecule has 13 nitrogen and oxygen atoms in total. The summed E-state index contributed by atoms with van der Waals surface area (Å²) >= 11 is 0. The minimum absolute atomic E-state index is 0.0560. The zero-order chi connectivity index (χ0) is 29.0. The van der Waals surface area contributed by atoms with Crippen molar-refractivity contribution < 1.29 is 23.8 Å². The first-order valence-electron chi connectivity index (χ1n) is 13.3. The summed E-state index contributed by atoms with van der Waals surface area (Å²) in [4.78, 5) is 40.6. The van der Waals surface area contributed by atoms with Crippen LogP contribution in [0.15, 0.2) is 22.7 Å². The van der Waals surface area contributed by atoms with Gasteiger partial charge in [0.05, 0.1) is 31.3 Å². The van der Waals surface area contributed by atoms with Crippen LogP contribution in [-0.2, 0) is 25.4 Å². The lowest BCUT2D eigenvalue weighted by Gasteiger charge is -2.19. The summed E-state index contributed by atoms with van der Waals surface area (Å²) in [6.45, 7) is 14.8. The molecule has 0 bridgehead atoms. The van der Waals surface area contributed by atoms with Gasteiger partial charge in [-0.25, -0.2) is 19.7 Å². The highest BCUT2D eigenvalue weighted by molar-refractivity contribution is 7.33.